The molecule has 3 aliphatic rings. The quantitative estimate of drug-likeness (QED) is 0.759. The summed E-state index contributed by atoms with van der Waals surface area (Å²) in [4.78, 5) is 2.60. The van der Waals surface area contributed by atoms with Crippen LogP contribution in [0.15, 0.2) is 0 Å². The lowest BCUT2D eigenvalue weighted by atomic mass is 10.1. The summed E-state index contributed by atoms with van der Waals surface area (Å²) in [6.07, 6.45) is 16.0. The number of rotatable bonds is 5. The number of nitrogens with zero attached hydrogens (tertiary/aromatic N) is 4. The van der Waals surface area contributed by atoms with E-state index >= 15 is 0 Å². The van der Waals surface area contributed by atoms with Gasteiger partial charge in [0.1, 0.15) is 11.6 Å². The molecule has 0 unspecified atom stereocenters. The molecule has 3 heterocycles. The molecule has 0 radical (unpaired) electrons. The number of ether oxygens (including phenoxy) is 1. The number of aromatic nitrogens is 3. The van der Waals surface area contributed by atoms with Crippen LogP contribution in [0.5, 0.6) is 0 Å². The van der Waals surface area contributed by atoms with Crippen molar-refractivity contribution in [2.45, 2.75) is 95.7 Å². The zero-order chi connectivity index (χ0) is 16.9. The van der Waals surface area contributed by atoms with Crippen LogP contribution in [-0.2, 0) is 17.7 Å². The van der Waals surface area contributed by atoms with Gasteiger partial charge in [0.25, 0.3) is 0 Å². The molecule has 0 N–H and O–H groups in total. The van der Waals surface area contributed by atoms with E-state index in [9.17, 15) is 0 Å². The predicted octanol–water partition coefficient (Wildman–Crippen LogP) is 3.88. The van der Waals surface area contributed by atoms with Crippen LogP contribution in [0.1, 0.15) is 88.3 Å². The lowest BCUT2D eigenvalue weighted by Crippen LogP contribution is -2.30. The van der Waals surface area contributed by atoms with Gasteiger partial charge in [-0.05, 0) is 45.1 Å². The van der Waals surface area contributed by atoms with Crippen LogP contribution in [0.3, 0.4) is 0 Å². The summed E-state index contributed by atoms with van der Waals surface area (Å²) >= 11 is 0. The lowest BCUT2D eigenvalue weighted by Gasteiger charge is -2.25. The van der Waals surface area contributed by atoms with E-state index in [-0.39, 0.29) is 0 Å². The Balaban J connectivity index is 1.34. The minimum absolute atomic E-state index is 0.456. The first-order chi connectivity index (χ1) is 12.4. The van der Waals surface area contributed by atoms with Crippen molar-refractivity contribution in [3.05, 3.63) is 11.6 Å². The lowest BCUT2D eigenvalue weighted by molar-refractivity contribution is 0.0262. The third-order valence-electron chi connectivity index (χ3n) is 6.33. The van der Waals surface area contributed by atoms with Gasteiger partial charge in [0.15, 0.2) is 0 Å². The van der Waals surface area contributed by atoms with Gasteiger partial charge in [-0.25, -0.2) is 0 Å². The topological polar surface area (TPSA) is 43.2 Å². The fourth-order valence-electron chi connectivity index (χ4n) is 4.89. The summed E-state index contributed by atoms with van der Waals surface area (Å²) < 4.78 is 8.67. The van der Waals surface area contributed by atoms with Crippen LogP contribution in [0.25, 0.3) is 0 Å². The van der Waals surface area contributed by atoms with Crippen molar-refractivity contribution in [3.8, 4) is 0 Å². The summed E-state index contributed by atoms with van der Waals surface area (Å²) in [5.74, 6) is 2.44. The predicted molar refractivity (Wildman–Crippen MR) is 98.6 cm³/mol. The molecule has 1 aromatic heterocycles. The van der Waals surface area contributed by atoms with E-state index in [0.717, 1.165) is 26.1 Å². The standard InChI is InChI=1S/C20H34N4O/c1-2-5-10-17(9-4-1)25-16-15-23-13-8-11-18(23)20-22-21-19-12-6-3-7-14-24(19)20/h17-18H,1-16H2/t18-/m1/s1. The molecule has 4 rings (SSSR count). The van der Waals surface area contributed by atoms with Crippen LogP contribution in [0.4, 0.5) is 0 Å². The van der Waals surface area contributed by atoms with E-state index < -0.39 is 0 Å². The summed E-state index contributed by atoms with van der Waals surface area (Å²) in [6, 6.07) is 0.456. The Morgan fingerprint density at radius 1 is 0.840 bits per heavy atom. The van der Waals surface area contributed by atoms with E-state index in [1.54, 1.807) is 0 Å². The fourth-order valence-corrected chi connectivity index (χ4v) is 4.89. The third-order valence-corrected chi connectivity index (χ3v) is 6.33. The Morgan fingerprint density at radius 3 is 2.56 bits per heavy atom. The molecule has 25 heavy (non-hydrogen) atoms. The molecule has 2 aliphatic heterocycles. The molecule has 0 aromatic carbocycles. The molecular formula is C20H34N4O. The second-order valence-corrected chi connectivity index (χ2v) is 8.12. The minimum atomic E-state index is 0.456. The highest BCUT2D eigenvalue weighted by Gasteiger charge is 2.31. The van der Waals surface area contributed by atoms with Crippen molar-refractivity contribution in [1.29, 1.82) is 0 Å². The summed E-state index contributed by atoms with van der Waals surface area (Å²) in [5.41, 5.74) is 0. The van der Waals surface area contributed by atoms with Crippen molar-refractivity contribution in [3.63, 3.8) is 0 Å². The van der Waals surface area contributed by atoms with E-state index in [1.807, 2.05) is 0 Å². The van der Waals surface area contributed by atoms with Gasteiger partial charge in [0.2, 0.25) is 0 Å². The molecule has 0 bridgehead atoms. The summed E-state index contributed by atoms with van der Waals surface area (Å²) in [5, 5.41) is 9.13. The van der Waals surface area contributed by atoms with Crippen LogP contribution in [-0.4, -0.2) is 45.5 Å². The van der Waals surface area contributed by atoms with Crippen LogP contribution >= 0.6 is 0 Å². The number of likely N-dealkylation sites (tertiary alicyclic amines) is 1. The summed E-state index contributed by atoms with van der Waals surface area (Å²) in [7, 11) is 0. The van der Waals surface area contributed by atoms with Crippen LogP contribution in [0, 0.1) is 0 Å². The molecule has 1 aromatic rings. The van der Waals surface area contributed by atoms with E-state index in [0.29, 0.717) is 12.1 Å². The zero-order valence-electron chi connectivity index (χ0n) is 15.7. The molecule has 2 fully saturated rings. The highest BCUT2D eigenvalue weighted by molar-refractivity contribution is 5.05. The second-order valence-electron chi connectivity index (χ2n) is 8.12. The smallest absolute Gasteiger partial charge is 0.150 e. The maximum absolute atomic E-state index is 6.24. The Kier molecular flexibility index (Phi) is 6.03. The van der Waals surface area contributed by atoms with Gasteiger partial charge >= 0.3 is 0 Å². The van der Waals surface area contributed by atoms with E-state index in [1.165, 1.54) is 88.8 Å². The monoisotopic (exact) mass is 346 g/mol. The Bertz CT molecular complexity index is 536. The molecule has 0 spiro atoms. The Morgan fingerprint density at radius 2 is 1.68 bits per heavy atom. The van der Waals surface area contributed by atoms with Crippen molar-refractivity contribution in [2.24, 2.45) is 0 Å². The van der Waals surface area contributed by atoms with Crippen molar-refractivity contribution >= 4 is 0 Å². The number of aryl methyl sites for hydroxylation is 1. The second kappa shape index (κ2) is 8.63. The average molecular weight is 347 g/mol. The molecule has 5 nitrogen and oxygen atoms in total. The molecule has 0 amide bonds. The zero-order valence-corrected chi connectivity index (χ0v) is 15.7. The van der Waals surface area contributed by atoms with Gasteiger partial charge < -0.3 is 9.30 Å². The molecule has 140 valence electrons. The molecule has 1 atom stereocenters. The van der Waals surface area contributed by atoms with E-state index in [2.05, 4.69) is 19.7 Å². The van der Waals surface area contributed by atoms with Gasteiger partial charge in [0, 0.05) is 19.5 Å². The number of hydrogen-bond acceptors (Lipinski definition) is 4. The largest absolute Gasteiger partial charge is 0.377 e. The highest BCUT2D eigenvalue weighted by atomic mass is 16.5. The molecule has 1 saturated carbocycles. The van der Waals surface area contributed by atoms with Gasteiger partial charge in [0.05, 0.1) is 18.8 Å². The van der Waals surface area contributed by atoms with Gasteiger partial charge in [-0.3, -0.25) is 4.90 Å². The number of hydrogen-bond donors (Lipinski definition) is 0. The van der Waals surface area contributed by atoms with Crippen LogP contribution < -0.4 is 0 Å². The molecule has 1 aliphatic carbocycles. The Labute approximate surface area is 152 Å². The maximum Gasteiger partial charge on any atom is 0.150 e. The first-order valence-corrected chi connectivity index (χ1v) is 10.7. The molecule has 1 saturated heterocycles. The van der Waals surface area contributed by atoms with Gasteiger partial charge in [-0.1, -0.05) is 32.1 Å². The fraction of sp³-hybridized carbons (Fsp3) is 0.900. The first kappa shape index (κ1) is 17.5. The summed E-state index contributed by atoms with van der Waals surface area (Å²) in [6.45, 7) is 4.22. The van der Waals surface area contributed by atoms with Crippen molar-refractivity contribution < 1.29 is 4.74 Å². The first-order valence-electron chi connectivity index (χ1n) is 10.7. The van der Waals surface area contributed by atoms with Crippen LogP contribution in [0.2, 0.25) is 0 Å². The normalized spacial score (nSPS) is 26.3. The third kappa shape index (κ3) is 4.25. The van der Waals surface area contributed by atoms with Gasteiger partial charge in [-0.2, -0.15) is 0 Å². The molecular weight excluding hydrogens is 312 g/mol. The Hall–Kier alpha value is -0.940. The highest BCUT2D eigenvalue weighted by Crippen LogP contribution is 2.32. The average Bonchev–Trinajstić information content (AvgIpc) is 3.05. The maximum atomic E-state index is 6.24. The van der Waals surface area contributed by atoms with E-state index in [4.69, 9.17) is 4.74 Å². The van der Waals surface area contributed by atoms with Gasteiger partial charge in [-0.15, -0.1) is 10.2 Å². The minimum Gasteiger partial charge on any atom is -0.377 e. The SMILES string of the molecule is C1CCCC(OCCN2CCC[C@@H]2c2nnc3n2CCCCC3)CC1. The molecule has 5 heteroatoms. The number of fused-ring (bicyclic) bond motifs is 1. The van der Waals surface area contributed by atoms with Crippen molar-refractivity contribution in [2.75, 3.05) is 19.7 Å². The van der Waals surface area contributed by atoms with Crippen molar-refractivity contribution in [1.82, 2.24) is 19.7 Å².